The fraction of sp³-hybridized carbons (Fsp3) is 0.143. The first-order chi connectivity index (χ1) is 8.49. The number of aromatic nitrogens is 1. The number of pyridine rings is 1. The summed E-state index contributed by atoms with van der Waals surface area (Å²) in [6, 6.07) is 8.14. The molecular weight excluding hydrogens is 230 g/mol. The lowest BCUT2D eigenvalue weighted by atomic mass is 9.99. The van der Waals surface area contributed by atoms with E-state index in [9.17, 15) is 9.59 Å². The van der Waals surface area contributed by atoms with E-state index in [0.29, 0.717) is 0 Å². The van der Waals surface area contributed by atoms with Crippen molar-refractivity contribution in [2.24, 2.45) is 7.05 Å². The highest BCUT2D eigenvalue weighted by Gasteiger charge is 2.08. The number of hydrogen-bond acceptors (Lipinski definition) is 2. The molecule has 2 rings (SSSR count). The molecule has 0 saturated heterocycles. The van der Waals surface area contributed by atoms with Gasteiger partial charge in [-0.15, -0.1) is 0 Å². The van der Waals surface area contributed by atoms with E-state index in [0.717, 1.165) is 16.7 Å². The van der Waals surface area contributed by atoms with Crippen LogP contribution in [-0.2, 0) is 7.05 Å². The lowest BCUT2D eigenvalue weighted by Gasteiger charge is -2.08. The Bertz CT molecular complexity index is 671. The Hall–Kier alpha value is -2.36. The van der Waals surface area contributed by atoms with Gasteiger partial charge in [-0.2, -0.15) is 0 Å². The van der Waals surface area contributed by atoms with Crippen molar-refractivity contribution < 1.29 is 9.90 Å². The van der Waals surface area contributed by atoms with Crippen LogP contribution in [-0.4, -0.2) is 15.6 Å². The van der Waals surface area contributed by atoms with Crippen molar-refractivity contribution in [1.82, 2.24) is 4.57 Å². The number of hydrogen-bond donors (Lipinski definition) is 1. The Morgan fingerprint density at radius 3 is 2.56 bits per heavy atom. The summed E-state index contributed by atoms with van der Waals surface area (Å²) in [5, 5.41) is 8.99. The van der Waals surface area contributed by atoms with E-state index < -0.39 is 5.97 Å². The molecule has 4 heteroatoms. The van der Waals surface area contributed by atoms with Gasteiger partial charge in [-0.05, 0) is 41.8 Å². The third kappa shape index (κ3) is 2.18. The highest BCUT2D eigenvalue weighted by atomic mass is 16.4. The maximum Gasteiger partial charge on any atom is 0.335 e. The highest BCUT2D eigenvalue weighted by molar-refractivity contribution is 5.89. The highest BCUT2D eigenvalue weighted by Crippen LogP contribution is 2.23. The van der Waals surface area contributed by atoms with Gasteiger partial charge in [0.1, 0.15) is 0 Å². The molecule has 1 N–H and O–H groups in total. The van der Waals surface area contributed by atoms with Gasteiger partial charge in [0.25, 0.3) is 0 Å². The molecular formula is C14H13NO3. The average molecular weight is 243 g/mol. The van der Waals surface area contributed by atoms with Crippen molar-refractivity contribution in [2.45, 2.75) is 6.92 Å². The number of carbonyl (C=O) groups is 1. The standard InChI is InChI=1S/C14H13NO3/c1-9-3-4-10(14(17)18)7-12(9)11-5-6-13(16)15(2)8-11/h3-8H,1-2H3,(H,17,18). The molecule has 0 saturated carbocycles. The van der Waals surface area contributed by atoms with Crippen LogP contribution < -0.4 is 5.56 Å². The normalized spacial score (nSPS) is 10.3. The minimum absolute atomic E-state index is 0.0919. The van der Waals surface area contributed by atoms with E-state index in [1.54, 1.807) is 37.5 Å². The van der Waals surface area contributed by atoms with Crippen molar-refractivity contribution in [2.75, 3.05) is 0 Å². The zero-order chi connectivity index (χ0) is 13.3. The van der Waals surface area contributed by atoms with Crippen molar-refractivity contribution in [3.63, 3.8) is 0 Å². The molecule has 18 heavy (non-hydrogen) atoms. The first-order valence-corrected chi connectivity index (χ1v) is 5.50. The van der Waals surface area contributed by atoms with E-state index in [4.69, 9.17) is 5.11 Å². The van der Waals surface area contributed by atoms with Gasteiger partial charge < -0.3 is 9.67 Å². The molecule has 0 aliphatic rings. The molecule has 0 spiro atoms. The van der Waals surface area contributed by atoms with E-state index in [1.165, 1.54) is 10.6 Å². The lowest BCUT2D eigenvalue weighted by Crippen LogP contribution is -2.14. The largest absolute Gasteiger partial charge is 0.478 e. The predicted molar refractivity (Wildman–Crippen MR) is 68.8 cm³/mol. The van der Waals surface area contributed by atoms with Crippen LogP contribution in [0.3, 0.4) is 0 Å². The maximum atomic E-state index is 11.3. The third-order valence-electron chi connectivity index (χ3n) is 2.88. The summed E-state index contributed by atoms with van der Waals surface area (Å²) in [5.74, 6) is -0.957. The summed E-state index contributed by atoms with van der Waals surface area (Å²) < 4.78 is 1.47. The number of carboxylic acid groups (broad SMARTS) is 1. The van der Waals surface area contributed by atoms with E-state index in [-0.39, 0.29) is 11.1 Å². The Morgan fingerprint density at radius 1 is 1.22 bits per heavy atom. The topological polar surface area (TPSA) is 59.3 Å². The van der Waals surface area contributed by atoms with Gasteiger partial charge in [-0.1, -0.05) is 6.07 Å². The lowest BCUT2D eigenvalue weighted by molar-refractivity contribution is 0.0697. The molecule has 1 aromatic heterocycles. The van der Waals surface area contributed by atoms with Gasteiger partial charge in [-0.25, -0.2) is 4.79 Å². The van der Waals surface area contributed by atoms with Crippen LogP contribution >= 0.6 is 0 Å². The SMILES string of the molecule is Cc1ccc(C(=O)O)cc1-c1ccc(=O)n(C)c1. The molecule has 0 aliphatic heterocycles. The second-order valence-corrected chi connectivity index (χ2v) is 4.20. The minimum atomic E-state index is -0.957. The first-order valence-electron chi connectivity index (χ1n) is 5.50. The van der Waals surface area contributed by atoms with Crippen LogP contribution in [0, 0.1) is 6.92 Å². The fourth-order valence-electron chi connectivity index (χ4n) is 1.82. The maximum absolute atomic E-state index is 11.3. The number of aryl methyl sites for hydroxylation is 2. The Kier molecular flexibility index (Phi) is 3.02. The Balaban J connectivity index is 2.62. The third-order valence-corrected chi connectivity index (χ3v) is 2.88. The first kappa shape index (κ1) is 12.1. The molecule has 0 atom stereocenters. The summed E-state index contributed by atoms with van der Waals surface area (Å²) in [5.41, 5.74) is 2.78. The molecule has 0 bridgehead atoms. The Labute approximate surface area is 104 Å². The molecule has 1 heterocycles. The van der Waals surface area contributed by atoms with Crippen molar-refractivity contribution >= 4 is 5.97 Å². The average Bonchev–Trinajstić information content (AvgIpc) is 2.33. The molecule has 0 amide bonds. The zero-order valence-electron chi connectivity index (χ0n) is 10.2. The van der Waals surface area contributed by atoms with Gasteiger partial charge in [0.05, 0.1) is 5.56 Å². The zero-order valence-corrected chi connectivity index (χ0v) is 10.2. The van der Waals surface area contributed by atoms with Crippen LogP contribution in [0.5, 0.6) is 0 Å². The predicted octanol–water partition coefficient (Wildman–Crippen LogP) is 2.06. The van der Waals surface area contributed by atoms with Gasteiger partial charge in [0.2, 0.25) is 5.56 Å². The summed E-state index contributed by atoms with van der Waals surface area (Å²) in [7, 11) is 1.67. The monoisotopic (exact) mass is 243 g/mol. The molecule has 4 nitrogen and oxygen atoms in total. The molecule has 92 valence electrons. The number of rotatable bonds is 2. The van der Waals surface area contributed by atoms with E-state index in [2.05, 4.69) is 0 Å². The molecule has 0 fully saturated rings. The quantitative estimate of drug-likeness (QED) is 0.878. The molecule has 0 aliphatic carbocycles. The van der Waals surface area contributed by atoms with Crippen LogP contribution in [0.15, 0.2) is 41.3 Å². The van der Waals surface area contributed by atoms with Crippen LogP contribution in [0.25, 0.3) is 11.1 Å². The molecule has 2 aromatic rings. The second kappa shape index (κ2) is 4.49. The number of benzene rings is 1. The molecule has 0 unspecified atom stereocenters. The second-order valence-electron chi connectivity index (χ2n) is 4.20. The molecule has 1 aromatic carbocycles. The number of aromatic carboxylic acids is 1. The van der Waals surface area contributed by atoms with Gasteiger partial charge >= 0.3 is 5.97 Å². The molecule has 0 radical (unpaired) electrons. The summed E-state index contributed by atoms with van der Waals surface area (Å²) >= 11 is 0. The van der Waals surface area contributed by atoms with Crippen LogP contribution in [0.1, 0.15) is 15.9 Å². The van der Waals surface area contributed by atoms with E-state index >= 15 is 0 Å². The summed E-state index contributed by atoms with van der Waals surface area (Å²) in [6.07, 6.45) is 1.70. The van der Waals surface area contributed by atoms with Gasteiger partial charge in [0, 0.05) is 19.3 Å². The summed E-state index contributed by atoms with van der Waals surface area (Å²) in [4.78, 5) is 22.3. The number of carboxylic acids is 1. The fourth-order valence-corrected chi connectivity index (χ4v) is 1.82. The van der Waals surface area contributed by atoms with Crippen LogP contribution in [0.4, 0.5) is 0 Å². The smallest absolute Gasteiger partial charge is 0.335 e. The Morgan fingerprint density at radius 2 is 1.94 bits per heavy atom. The van der Waals surface area contributed by atoms with Crippen molar-refractivity contribution in [1.29, 1.82) is 0 Å². The number of nitrogens with zero attached hydrogens (tertiary/aromatic N) is 1. The van der Waals surface area contributed by atoms with Crippen LogP contribution in [0.2, 0.25) is 0 Å². The van der Waals surface area contributed by atoms with Crippen molar-refractivity contribution in [3.8, 4) is 11.1 Å². The van der Waals surface area contributed by atoms with Gasteiger partial charge in [0.15, 0.2) is 0 Å². The minimum Gasteiger partial charge on any atom is -0.478 e. The van der Waals surface area contributed by atoms with Gasteiger partial charge in [-0.3, -0.25) is 4.79 Å². The van der Waals surface area contributed by atoms with Crippen molar-refractivity contribution in [3.05, 3.63) is 58.0 Å². The summed E-state index contributed by atoms with van der Waals surface area (Å²) in [6.45, 7) is 1.91. The van der Waals surface area contributed by atoms with E-state index in [1.807, 2.05) is 6.92 Å².